The van der Waals surface area contributed by atoms with Gasteiger partial charge in [0.25, 0.3) is 5.69 Å². The van der Waals surface area contributed by atoms with Crippen molar-refractivity contribution in [3.8, 4) is 5.75 Å². The molecule has 1 aromatic rings. The first kappa shape index (κ1) is 15.1. The minimum atomic E-state index is -4.19. The SMILES string of the molecule is COc1cc(NCCCC(F)(F)F)cc([N+](=O)[O-])c1. The summed E-state index contributed by atoms with van der Waals surface area (Å²) in [5.41, 5.74) is 0.172. The Morgan fingerprint density at radius 1 is 1.37 bits per heavy atom. The molecule has 0 fully saturated rings. The number of hydrogen-bond donors (Lipinski definition) is 1. The molecule has 0 saturated heterocycles. The van der Waals surface area contributed by atoms with Crippen molar-refractivity contribution >= 4 is 11.4 Å². The van der Waals surface area contributed by atoms with E-state index in [0.717, 1.165) is 0 Å². The highest BCUT2D eigenvalue weighted by Crippen LogP contribution is 2.26. The largest absolute Gasteiger partial charge is 0.496 e. The Morgan fingerprint density at radius 3 is 2.58 bits per heavy atom. The number of methoxy groups -OCH3 is 1. The molecule has 0 aliphatic rings. The van der Waals surface area contributed by atoms with Gasteiger partial charge in [0.05, 0.1) is 18.1 Å². The number of halogens is 3. The number of nitrogens with one attached hydrogen (secondary N) is 1. The lowest BCUT2D eigenvalue weighted by Gasteiger charge is -2.09. The van der Waals surface area contributed by atoms with Gasteiger partial charge in [-0.1, -0.05) is 0 Å². The van der Waals surface area contributed by atoms with Crippen molar-refractivity contribution in [2.24, 2.45) is 0 Å². The molecule has 0 spiro atoms. The molecule has 0 aliphatic carbocycles. The van der Waals surface area contributed by atoms with Gasteiger partial charge in [-0.3, -0.25) is 10.1 Å². The molecule has 1 N–H and O–H groups in total. The van der Waals surface area contributed by atoms with Crippen LogP contribution in [0, 0.1) is 10.1 Å². The maximum atomic E-state index is 11.9. The normalized spacial score (nSPS) is 11.2. The van der Waals surface area contributed by atoms with Crippen LogP contribution in [-0.2, 0) is 0 Å². The number of alkyl halides is 3. The lowest BCUT2D eigenvalue weighted by atomic mass is 10.2. The smallest absolute Gasteiger partial charge is 0.389 e. The minimum Gasteiger partial charge on any atom is -0.496 e. The van der Waals surface area contributed by atoms with Crippen LogP contribution < -0.4 is 10.1 Å². The van der Waals surface area contributed by atoms with Gasteiger partial charge in [-0.25, -0.2) is 0 Å². The molecule has 5 nitrogen and oxygen atoms in total. The van der Waals surface area contributed by atoms with Gasteiger partial charge in [0, 0.05) is 30.8 Å². The summed E-state index contributed by atoms with van der Waals surface area (Å²) < 4.78 is 40.7. The highest BCUT2D eigenvalue weighted by Gasteiger charge is 2.25. The number of nitrogens with zero attached hydrogens (tertiary/aromatic N) is 1. The Morgan fingerprint density at radius 2 is 2.05 bits per heavy atom. The number of nitro benzene ring substituents is 1. The van der Waals surface area contributed by atoms with Gasteiger partial charge < -0.3 is 10.1 Å². The zero-order valence-electron chi connectivity index (χ0n) is 10.2. The fourth-order valence-corrected chi connectivity index (χ4v) is 1.43. The number of anilines is 1. The highest BCUT2D eigenvalue weighted by molar-refractivity contribution is 5.56. The summed E-state index contributed by atoms with van der Waals surface area (Å²) in [6.07, 6.45) is -5.19. The van der Waals surface area contributed by atoms with Crippen molar-refractivity contribution in [1.29, 1.82) is 0 Å². The summed E-state index contributed by atoms with van der Waals surface area (Å²) in [5.74, 6) is 0.271. The average Bonchev–Trinajstić information content (AvgIpc) is 2.33. The van der Waals surface area contributed by atoms with E-state index in [1.807, 2.05) is 0 Å². The topological polar surface area (TPSA) is 64.4 Å². The monoisotopic (exact) mass is 278 g/mol. The van der Waals surface area contributed by atoms with E-state index in [2.05, 4.69) is 5.32 Å². The Bertz CT molecular complexity index is 449. The zero-order chi connectivity index (χ0) is 14.5. The van der Waals surface area contributed by atoms with E-state index in [1.165, 1.54) is 25.3 Å². The summed E-state index contributed by atoms with van der Waals surface area (Å²) in [5, 5.41) is 13.4. The molecular formula is C11H13F3N2O3. The molecule has 0 unspecified atom stereocenters. The van der Waals surface area contributed by atoms with E-state index < -0.39 is 17.5 Å². The molecule has 0 amide bonds. The van der Waals surface area contributed by atoms with Gasteiger partial charge in [0.1, 0.15) is 5.75 Å². The maximum absolute atomic E-state index is 11.9. The number of nitro groups is 1. The first-order valence-electron chi connectivity index (χ1n) is 5.46. The molecule has 0 atom stereocenters. The van der Waals surface area contributed by atoms with Crippen molar-refractivity contribution in [2.75, 3.05) is 19.0 Å². The first-order valence-corrected chi connectivity index (χ1v) is 5.46. The van der Waals surface area contributed by atoms with Crippen molar-refractivity contribution in [1.82, 2.24) is 0 Å². The Kier molecular flexibility index (Phi) is 4.96. The standard InChI is InChI=1S/C11H13F3N2O3/c1-19-10-6-8(5-9(7-10)16(17)18)15-4-2-3-11(12,13)14/h5-7,15H,2-4H2,1H3. The summed E-state index contributed by atoms with van der Waals surface area (Å²) in [6.45, 7) is 0.0732. The molecule has 106 valence electrons. The highest BCUT2D eigenvalue weighted by atomic mass is 19.4. The molecule has 19 heavy (non-hydrogen) atoms. The molecule has 1 rings (SSSR count). The van der Waals surface area contributed by atoms with Gasteiger partial charge >= 0.3 is 6.18 Å². The van der Waals surface area contributed by atoms with Crippen LogP contribution in [-0.4, -0.2) is 24.8 Å². The van der Waals surface area contributed by atoms with Crippen LogP contribution in [0.15, 0.2) is 18.2 Å². The lowest BCUT2D eigenvalue weighted by molar-refractivity contribution is -0.384. The first-order chi connectivity index (χ1) is 8.81. The van der Waals surface area contributed by atoms with Crippen LogP contribution in [0.1, 0.15) is 12.8 Å². The van der Waals surface area contributed by atoms with E-state index in [9.17, 15) is 23.3 Å². The maximum Gasteiger partial charge on any atom is 0.389 e. The molecule has 0 bridgehead atoms. The van der Waals surface area contributed by atoms with Crippen LogP contribution >= 0.6 is 0 Å². The van der Waals surface area contributed by atoms with Crippen molar-refractivity contribution in [3.63, 3.8) is 0 Å². The summed E-state index contributed by atoms with van der Waals surface area (Å²) in [7, 11) is 1.35. The van der Waals surface area contributed by atoms with Crippen LogP contribution in [0.2, 0.25) is 0 Å². The van der Waals surface area contributed by atoms with E-state index >= 15 is 0 Å². The van der Waals surface area contributed by atoms with E-state index in [0.29, 0.717) is 5.69 Å². The van der Waals surface area contributed by atoms with Crippen molar-refractivity contribution < 1.29 is 22.8 Å². The average molecular weight is 278 g/mol. The third-order valence-corrected chi connectivity index (χ3v) is 2.30. The van der Waals surface area contributed by atoms with Gasteiger partial charge in [-0.2, -0.15) is 13.2 Å². The van der Waals surface area contributed by atoms with Gasteiger partial charge in [0.15, 0.2) is 0 Å². The number of benzene rings is 1. The van der Waals surface area contributed by atoms with Crippen LogP contribution in [0.4, 0.5) is 24.5 Å². The minimum absolute atomic E-state index is 0.0732. The second kappa shape index (κ2) is 6.26. The second-order valence-corrected chi connectivity index (χ2v) is 3.82. The zero-order valence-corrected chi connectivity index (χ0v) is 10.2. The van der Waals surface area contributed by atoms with Gasteiger partial charge in [-0.15, -0.1) is 0 Å². The predicted molar refractivity (Wildman–Crippen MR) is 63.4 cm³/mol. The Labute approximate surface area is 107 Å². The van der Waals surface area contributed by atoms with Crippen molar-refractivity contribution in [3.05, 3.63) is 28.3 Å². The number of hydrogen-bond acceptors (Lipinski definition) is 4. The number of ether oxygens (including phenoxy) is 1. The third kappa shape index (κ3) is 5.45. The van der Waals surface area contributed by atoms with E-state index in [-0.39, 0.29) is 24.4 Å². The molecule has 1 aromatic carbocycles. The molecule has 0 aliphatic heterocycles. The molecular weight excluding hydrogens is 265 g/mol. The van der Waals surface area contributed by atoms with E-state index in [4.69, 9.17) is 4.74 Å². The summed E-state index contributed by atoms with van der Waals surface area (Å²) >= 11 is 0. The van der Waals surface area contributed by atoms with Gasteiger partial charge in [-0.05, 0) is 6.42 Å². The van der Waals surface area contributed by atoms with Crippen molar-refractivity contribution in [2.45, 2.75) is 19.0 Å². The molecule has 0 radical (unpaired) electrons. The second-order valence-electron chi connectivity index (χ2n) is 3.82. The quantitative estimate of drug-likeness (QED) is 0.492. The number of non-ortho nitro benzene ring substituents is 1. The lowest BCUT2D eigenvalue weighted by Crippen LogP contribution is -2.11. The fourth-order valence-electron chi connectivity index (χ4n) is 1.43. The Hall–Kier alpha value is -1.99. The fraction of sp³-hybridized carbons (Fsp3) is 0.455. The predicted octanol–water partition coefficient (Wildman–Crippen LogP) is 3.36. The molecule has 0 saturated carbocycles. The summed E-state index contributed by atoms with van der Waals surface area (Å²) in [6, 6.07) is 3.97. The molecule has 8 heteroatoms. The van der Waals surface area contributed by atoms with Crippen LogP contribution in [0.3, 0.4) is 0 Å². The van der Waals surface area contributed by atoms with Crippen LogP contribution in [0.25, 0.3) is 0 Å². The third-order valence-electron chi connectivity index (χ3n) is 2.30. The van der Waals surface area contributed by atoms with E-state index in [1.54, 1.807) is 0 Å². The Balaban J connectivity index is 2.62. The summed E-state index contributed by atoms with van der Waals surface area (Å²) in [4.78, 5) is 10.1. The number of rotatable bonds is 6. The van der Waals surface area contributed by atoms with Crippen LogP contribution in [0.5, 0.6) is 5.75 Å². The van der Waals surface area contributed by atoms with Gasteiger partial charge in [0.2, 0.25) is 0 Å². The molecule has 0 heterocycles. The molecule has 0 aromatic heterocycles.